The third-order valence-corrected chi connectivity index (χ3v) is 6.99. The molecule has 6 nitrogen and oxygen atoms in total. The highest BCUT2D eigenvalue weighted by molar-refractivity contribution is 5.85. The number of aromatic nitrogens is 2. The number of nitrogens with one attached hydrogen (secondary N) is 1. The van der Waals surface area contributed by atoms with Crippen molar-refractivity contribution >= 4 is 16.9 Å². The van der Waals surface area contributed by atoms with Gasteiger partial charge in [-0.05, 0) is 85.3 Å². The number of imidazole rings is 1. The van der Waals surface area contributed by atoms with Gasteiger partial charge in [0.15, 0.2) is 11.5 Å². The number of nitrogens with zero attached hydrogens (tertiary/aromatic N) is 2. The average Bonchev–Trinajstić information content (AvgIpc) is 3.24. The van der Waals surface area contributed by atoms with Gasteiger partial charge in [0.25, 0.3) is 0 Å². The van der Waals surface area contributed by atoms with E-state index in [4.69, 9.17) is 14.5 Å². The molecule has 0 saturated carbocycles. The lowest BCUT2D eigenvalue weighted by Crippen LogP contribution is -2.34. The Morgan fingerprint density at radius 1 is 0.974 bits per heavy atom. The first-order valence-corrected chi connectivity index (χ1v) is 13.1. The number of hydrogen-bond acceptors (Lipinski definition) is 4. The number of hydrogen-bond donors (Lipinski definition) is 1. The number of methoxy groups -OCH3 is 2. The molecule has 1 unspecified atom stereocenters. The number of amides is 1. The number of rotatable bonds is 11. The molecular formula is C31H36FN3O3. The summed E-state index contributed by atoms with van der Waals surface area (Å²) in [5, 5.41) is 3.15. The Balaban J connectivity index is 1.62. The fourth-order valence-electron chi connectivity index (χ4n) is 4.79. The van der Waals surface area contributed by atoms with Crippen LogP contribution in [0.3, 0.4) is 0 Å². The summed E-state index contributed by atoms with van der Waals surface area (Å²) >= 11 is 0. The summed E-state index contributed by atoms with van der Waals surface area (Å²) in [6.45, 7) is 6.71. The average molecular weight is 518 g/mol. The molecule has 4 rings (SSSR count). The molecule has 0 radical (unpaired) electrons. The van der Waals surface area contributed by atoms with Crippen molar-refractivity contribution in [1.82, 2.24) is 14.9 Å². The Hall–Kier alpha value is -3.87. The minimum Gasteiger partial charge on any atom is -0.493 e. The normalized spacial score (nSPS) is 11.9. The maximum Gasteiger partial charge on any atom is 0.243 e. The highest BCUT2D eigenvalue weighted by atomic mass is 19.1. The largest absolute Gasteiger partial charge is 0.493 e. The molecule has 0 aliphatic heterocycles. The van der Waals surface area contributed by atoms with Crippen LogP contribution in [0.1, 0.15) is 53.9 Å². The first-order chi connectivity index (χ1) is 18.3. The van der Waals surface area contributed by atoms with E-state index in [1.54, 1.807) is 26.4 Å². The van der Waals surface area contributed by atoms with Gasteiger partial charge in [0.2, 0.25) is 5.91 Å². The lowest BCUT2D eigenvalue weighted by molar-refractivity contribution is -0.124. The second kappa shape index (κ2) is 12.1. The van der Waals surface area contributed by atoms with E-state index in [1.807, 2.05) is 18.2 Å². The molecule has 0 aliphatic rings. The number of carbonyl (C=O) groups excluding carboxylic acids is 1. The standard InChI is InChI=1S/C31H36FN3O3/c1-6-7-26(31(36)33-15-14-23-10-13-28(37-4)29(18-23)38-5)35-27-17-21(3)20(2)16-25(27)34-30(35)19-22-8-11-24(32)12-9-22/h8-13,16-18,26H,6-7,14-15,19H2,1-5H3,(H,33,36). The van der Waals surface area contributed by atoms with Gasteiger partial charge >= 0.3 is 0 Å². The predicted octanol–water partition coefficient (Wildman–Crippen LogP) is 6.10. The topological polar surface area (TPSA) is 65.4 Å². The number of halogens is 1. The SMILES string of the molecule is CCCC(C(=O)NCCc1ccc(OC)c(OC)c1)n1c(Cc2ccc(F)cc2)nc2cc(C)c(C)cc21. The van der Waals surface area contributed by atoms with Gasteiger partial charge < -0.3 is 19.4 Å². The van der Waals surface area contributed by atoms with Gasteiger partial charge in [-0.25, -0.2) is 9.37 Å². The summed E-state index contributed by atoms with van der Waals surface area (Å²) in [6, 6.07) is 16.0. The lowest BCUT2D eigenvalue weighted by atomic mass is 10.1. The molecule has 200 valence electrons. The minimum absolute atomic E-state index is 0.0368. The molecule has 1 atom stereocenters. The van der Waals surface area contributed by atoms with Crippen LogP contribution in [0.5, 0.6) is 11.5 Å². The summed E-state index contributed by atoms with van der Waals surface area (Å²) in [5.41, 5.74) is 6.10. The van der Waals surface area contributed by atoms with Gasteiger partial charge in [-0.15, -0.1) is 0 Å². The fourth-order valence-corrected chi connectivity index (χ4v) is 4.79. The van der Waals surface area contributed by atoms with Gasteiger partial charge in [-0.1, -0.05) is 31.5 Å². The summed E-state index contributed by atoms with van der Waals surface area (Å²) < 4.78 is 26.3. The number of benzene rings is 3. The van der Waals surface area contributed by atoms with Crippen molar-refractivity contribution in [3.05, 3.63) is 88.5 Å². The molecule has 0 saturated heterocycles. The van der Waals surface area contributed by atoms with Crippen molar-refractivity contribution in [3.63, 3.8) is 0 Å². The Morgan fingerprint density at radius 3 is 2.34 bits per heavy atom. The molecule has 1 aromatic heterocycles. The second-order valence-electron chi connectivity index (χ2n) is 9.66. The quantitative estimate of drug-likeness (QED) is 0.261. The van der Waals surface area contributed by atoms with Crippen LogP contribution in [-0.2, 0) is 17.6 Å². The van der Waals surface area contributed by atoms with Crippen molar-refractivity contribution in [2.24, 2.45) is 0 Å². The van der Waals surface area contributed by atoms with Gasteiger partial charge in [0.05, 0.1) is 25.3 Å². The zero-order valence-corrected chi connectivity index (χ0v) is 22.8. The van der Waals surface area contributed by atoms with Crippen LogP contribution < -0.4 is 14.8 Å². The molecule has 0 spiro atoms. The Morgan fingerprint density at radius 2 is 1.66 bits per heavy atom. The lowest BCUT2D eigenvalue weighted by Gasteiger charge is -2.21. The number of ether oxygens (including phenoxy) is 2. The molecule has 1 heterocycles. The molecule has 38 heavy (non-hydrogen) atoms. The van der Waals surface area contributed by atoms with Crippen LogP contribution in [0, 0.1) is 19.7 Å². The molecule has 0 bridgehead atoms. The Bertz CT molecular complexity index is 1410. The van der Waals surface area contributed by atoms with Crippen LogP contribution in [0.15, 0.2) is 54.6 Å². The van der Waals surface area contributed by atoms with Crippen molar-refractivity contribution in [3.8, 4) is 11.5 Å². The Labute approximate surface area is 223 Å². The monoisotopic (exact) mass is 517 g/mol. The molecule has 0 fully saturated rings. The molecule has 4 aromatic rings. The van der Waals surface area contributed by atoms with Crippen molar-refractivity contribution < 1.29 is 18.7 Å². The van der Waals surface area contributed by atoms with Gasteiger partial charge in [0.1, 0.15) is 17.7 Å². The smallest absolute Gasteiger partial charge is 0.243 e. The maximum absolute atomic E-state index is 13.6. The van der Waals surface area contributed by atoms with E-state index < -0.39 is 6.04 Å². The van der Waals surface area contributed by atoms with Crippen LogP contribution in [-0.4, -0.2) is 36.2 Å². The van der Waals surface area contributed by atoms with E-state index in [0.29, 0.717) is 37.3 Å². The Kier molecular flexibility index (Phi) is 8.66. The van der Waals surface area contributed by atoms with E-state index in [9.17, 15) is 9.18 Å². The molecule has 3 aromatic carbocycles. The molecule has 1 amide bonds. The predicted molar refractivity (Wildman–Crippen MR) is 149 cm³/mol. The van der Waals surface area contributed by atoms with E-state index in [2.05, 4.69) is 42.8 Å². The van der Waals surface area contributed by atoms with Crippen molar-refractivity contribution in [2.75, 3.05) is 20.8 Å². The zero-order valence-electron chi connectivity index (χ0n) is 22.8. The van der Waals surface area contributed by atoms with Crippen molar-refractivity contribution in [2.45, 2.75) is 52.5 Å². The zero-order chi connectivity index (χ0) is 27.2. The van der Waals surface area contributed by atoms with Gasteiger partial charge in [-0.3, -0.25) is 4.79 Å². The van der Waals surface area contributed by atoms with E-state index in [-0.39, 0.29) is 11.7 Å². The highest BCUT2D eigenvalue weighted by Gasteiger charge is 2.25. The maximum atomic E-state index is 13.6. The molecule has 1 N–H and O–H groups in total. The van der Waals surface area contributed by atoms with Crippen LogP contribution in [0.25, 0.3) is 11.0 Å². The number of aryl methyl sites for hydroxylation is 2. The van der Waals surface area contributed by atoms with E-state index >= 15 is 0 Å². The van der Waals surface area contributed by atoms with Crippen LogP contribution >= 0.6 is 0 Å². The van der Waals surface area contributed by atoms with E-state index in [1.165, 1.54) is 12.1 Å². The third-order valence-electron chi connectivity index (χ3n) is 6.99. The van der Waals surface area contributed by atoms with Gasteiger partial charge in [-0.2, -0.15) is 0 Å². The van der Waals surface area contributed by atoms with Crippen LogP contribution in [0.4, 0.5) is 4.39 Å². The van der Waals surface area contributed by atoms with Crippen LogP contribution in [0.2, 0.25) is 0 Å². The summed E-state index contributed by atoms with van der Waals surface area (Å²) in [7, 11) is 3.22. The summed E-state index contributed by atoms with van der Waals surface area (Å²) in [4.78, 5) is 18.6. The van der Waals surface area contributed by atoms with E-state index in [0.717, 1.165) is 45.5 Å². The number of carbonyl (C=O) groups is 1. The second-order valence-corrected chi connectivity index (χ2v) is 9.66. The summed E-state index contributed by atoms with van der Waals surface area (Å²) in [6.07, 6.45) is 2.69. The highest BCUT2D eigenvalue weighted by Crippen LogP contribution is 2.29. The van der Waals surface area contributed by atoms with Gasteiger partial charge in [0, 0.05) is 13.0 Å². The first kappa shape index (κ1) is 27.2. The summed E-state index contributed by atoms with van der Waals surface area (Å²) in [5.74, 6) is 1.83. The minimum atomic E-state index is -0.409. The third kappa shape index (κ3) is 5.98. The number of fused-ring (bicyclic) bond motifs is 1. The fraction of sp³-hybridized carbons (Fsp3) is 0.355. The van der Waals surface area contributed by atoms with Crippen molar-refractivity contribution in [1.29, 1.82) is 0 Å². The molecular weight excluding hydrogens is 481 g/mol. The molecule has 7 heteroatoms. The molecule has 0 aliphatic carbocycles. The first-order valence-electron chi connectivity index (χ1n) is 13.1.